The second-order valence-corrected chi connectivity index (χ2v) is 10.6. The normalized spacial score (nSPS) is 19.6. The maximum atomic E-state index is 8.47. The number of piperidine rings is 1. The van der Waals surface area contributed by atoms with Crippen molar-refractivity contribution in [3.63, 3.8) is 0 Å². The molecule has 2 aliphatic heterocycles. The van der Waals surface area contributed by atoms with E-state index in [9.17, 15) is 0 Å². The van der Waals surface area contributed by atoms with Crippen molar-refractivity contribution in [2.45, 2.75) is 85.3 Å². The van der Waals surface area contributed by atoms with Gasteiger partial charge in [0, 0.05) is 12.6 Å². The number of allylic oxidation sites excluding steroid dienone is 1. The highest BCUT2D eigenvalue weighted by Gasteiger charge is 2.46. The lowest BCUT2D eigenvalue weighted by Gasteiger charge is -2.32. The molecule has 0 spiro atoms. The molecule has 0 radical (unpaired) electrons. The Balaban J connectivity index is 0.000000214. The summed E-state index contributed by atoms with van der Waals surface area (Å²) in [5, 5.41) is 12.1. The molecule has 0 saturated carbocycles. The van der Waals surface area contributed by atoms with E-state index in [2.05, 4.69) is 103 Å². The van der Waals surface area contributed by atoms with Crippen LogP contribution in [0, 0.1) is 12.8 Å². The zero-order valence-corrected chi connectivity index (χ0v) is 22.8. The Morgan fingerprint density at radius 3 is 2.11 bits per heavy atom. The number of ether oxygens (including phenoxy) is 1. The Morgan fingerprint density at radius 2 is 1.63 bits per heavy atom. The van der Waals surface area contributed by atoms with Gasteiger partial charge >= 0.3 is 0 Å². The van der Waals surface area contributed by atoms with Gasteiger partial charge in [-0.3, -0.25) is 4.90 Å². The van der Waals surface area contributed by atoms with E-state index in [1.807, 2.05) is 19.9 Å². The Bertz CT molecular complexity index is 838. The maximum Gasteiger partial charge on any atom is 0.184 e. The number of benzene rings is 2. The summed E-state index contributed by atoms with van der Waals surface area (Å²) in [4.78, 5) is 2.58. The summed E-state index contributed by atoms with van der Waals surface area (Å²) < 4.78 is 4.66. The first-order chi connectivity index (χ1) is 16.7. The maximum absolute atomic E-state index is 8.47. The fourth-order valence-corrected chi connectivity index (χ4v) is 3.72. The Kier molecular flexibility index (Phi) is 12.7. The third-order valence-electron chi connectivity index (χ3n) is 6.22. The topological polar surface area (TPSA) is 48.0 Å². The molecule has 2 fully saturated rings. The van der Waals surface area contributed by atoms with Crippen LogP contribution in [0.25, 0.3) is 6.08 Å². The average Bonchev–Trinajstić information content (AvgIpc) is 3.42. The van der Waals surface area contributed by atoms with Crippen LogP contribution in [0.1, 0.15) is 70.6 Å². The van der Waals surface area contributed by atoms with Gasteiger partial charge in [0.2, 0.25) is 0 Å². The van der Waals surface area contributed by atoms with Gasteiger partial charge in [-0.15, -0.1) is 0 Å². The van der Waals surface area contributed by atoms with E-state index >= 15 is 0 Å². The highest BCUT2D eigenvalue weighted by atomic mass is 16.7. The van der Waals surface area contributed by atoms with Crippen molar-refractivity contribution in [3.05, 3.63) is 77.4 Å². The third kappa shape index (κ3) is 12.5. The number of aryl methyl sites for hydroxylation is 1. The van der Waals surface area contributed by atoms with Gasteiger partial charge in [0.15, 0.2) is 6.29 Å². The molecular weight excluding hydrogens is 432 g/mol. The van der Waals surface area contributed by atoms with Gasteiger partial charge in [-0.05, 0) is 76.7 Å². The van der Waals surface area contributed by atoms with E-state index in [0.717, 1.165) is 12.6 Å². The molecule has 1 unspecified atom stereocenters. The minimum atomic E-state index is -0.502. The molecule has 194 valence electrons. The first-order valence-corrected chi connectivity index (χ1v) is 13.3. The lowest BCUT2D eigenvalue weighted by Crippen LogP contribution is -2.42. The molecule has 4 nitrogen and oxygen atoms in total. The molecule has 0 aromatic heterocycles. The van der Waals surface area contributed by atoms with Crippen molar-refractivity contribution in [3.8, 4) is 0 Å². The van der Waals surface area contributed by atoms with Crippen LogP contribution < -0.4 is 5.32 Å². The molecule has 2 heterocycles. The molecule has 2 aliphatic rings. The number of nitrogens with zero attached hydrogens (tertiary/aromatic N) is 1. The number of hydrogen-bond donors (Lipinski definition) is 2. The van der Waals surface area contributed by atoms with Crippen LogP contribution >= 0.6 is 0 Å². The Labute approximate surface area is 214 Å². The highest BCUT2D eigenvalue weighted by molar-refractivity contribution is 5.48. The standard InChI is InChI=1S/C16H26N2.C11H14.C4H8O2/c1-3-10-17-16-8-11-18(12-9-16)13-15-6-4-14(2)5-7-15;1-10(2)8-9-11-6-4-3-5-7-11;1-4(2)3(5)6-4/h4-7,16-17H,3,8-13H2,1-2H3;3-10H,1-2H3;3,5H,1-2H3/b;9-8-;. The van der Waals surface area contributed by atoms with Crippen molar-refractivity contribution in [2.75, 3.05) is 19.6 Å². The third-order valence-corrected chi connectivity index (χ3v) is 6.22. The summed E-state index contributed by atoms with van der Waals surface area (Å²) in [6.45, 7) is 17.2. The second kappa shape index (κ2) is 15.2. The molecule has 2 saturated heterocycles. The molecular formula is C31H48N2O2. The number of aliphatic hydroxyl groups excluding tert-OH is 1. The zero-order valence-electron chi connectivity index (χ0n) is 22.8. The lowest BCUT2D eigenvalue weighted by atomic mass is 10.0. The van der Waals surface area contributed by atoms with Gasteiger partial charge in [-0.1, -0.05) is 93.1 Å². The minimum absolute atomic E-state index is 0.236. The molecule has 0 amide bonds. The van der Waals surface area contributed by atoms with E-state index in [-0.39, 0.29) is 5.60 Å². The van der Waals surface area contributed by atoms with E-state index < -0.39 is 6.29 Å². The summed E-state index contributed by atoms with van der Waals surface area (Å²) in [5.41, 5.74) is 3.84. The minimum Gasteiger partial charge on any atom is -0.366 e. The molecule has 4 heteroatoms. The summed E-state index contributed by atoms with van der Waals surface area (Å²) in [5.74, 6) is 0.634. The smallest absolute Gasteiger partial charge is 0.184 e. The van der Waals surface area contributed by atoms with Gasteiger partial charge < -0.3 is 15.2 Å². The fraction of sp³-hybridized carbons (Fsp3) is 0.548. The SMILES string of the molecule is CC(C)/C=C\c1ccccc1.CC1(C)OC1O.CCCNC1CCN(Cc2ccc(C)cc2)CC1. The van der Waals surface area contributed by atoms with Crippen molar-refractivity contribution >= 4 is 6.08 Å². The molecule has 1 atom stereocenters. The number of nitrogens with one attached hydrogen (secondary N) is 1. The first kappa shape index (κ1) is 29.3. The average molecular weight is 481 g/mol. The van der Waals surface area contributed by atoms with Crippen molar-refractivity contribution in [2.24, 2.45) is 5.92 Å². The molecule has 2 N–H and O–H groups in total. The molecule has 0 aliphatic carbocycles. The highest BCUT2D eigenvalue weighted by Crippen LogP contribution is 2.32. The van der Waals surface area contributed by atoms with Gasteiger partial charge in [0.05, 0.1) is 0 Å². The monoisotopic (exact) mass is 480 g/mol. The fourth-order valence-electron chi connectivity index (χ4n) is 3.72. The van der Waals surface area contributed by atoms with Crippen LogP contribution in [0.3, 0.4) is 0 Å². The number of rotatable bonds is 7. The summed E-state index contributed by atoms with van der Waals surface area (Å²) in [6.07, 6.45) is 7.69. The van der Waals surface area contributed by atoms with E-state index in [0.29, 0.717) is 5.92 Å². The van der Waals surface area contributed by atoms with E-state index in [1.165, 1.54) is 55.6 Å². The van der Waals surface area contributed by atoms with Crippen LogP contribution in [0.15, 0.2) is 60.7 Å². The number of aliphatic hydroxyl groups is 1. The summed E-state index contributed by atoms with van der Waals surface area (Å²) >= 11 is 0. The first-order valence-electron chi connectivity index (χ1n) is 13.3. The summed E-state index contributed by atoms with van der Waals surface area (Å²) in [6, 6.07) is 20.1. The van der Waals surface area contributed by atoms with Gasteiger partial charge in [0.1, 0.15) is 5.60 Å². The second-order valence-electron chi connectivity index (χ2n) is 10.6. The van der Waals surface area contributed by atoms with Gasteiger partial charge in [-0.2, -0.15) is 0 Å². The Morgan fingerprint density at radius 1 is 1.06 bits per heavy atom. The lowest BCUT2D eigenvalue weighted by molar-refractivity contribution is 0.155. The zero-order chi connectivity index (χ0) is 25.7. The van der Waals surface area contributed by atoms with Crippen molar-refractivity contribution in [1.82, 2.24) is 10.2 Å². The van der Waals surface area contributed by atoms with Gasteiger partial charge in [0.25, 0.3) is 0 Å². The van der Waals surface area contributed by atoms with Crippen LogP contribution in [-0.2, 0) is 11.3 Å². The van der Waals surface area contributed by atoms with Gasteiger partial charge in [-0.25, -0.2) is 0 Å². The van der Waals surface area contributed by atoms with E-state index in [4.69, 9.17) is 5.11 Å². The predicted octanol–water partition coefficient (Wildman–Crippen LogP) is 6.43. The number of epoxide rings is 1. The van der Waals surface area contributed by atoms with Crippen molar-refractivity contribution < 1.29 is 9.84 Å². The van der Waals surface area contributed by atoms with Crippen LogP contribution in [0.4, 0.5) is 0 Å². The number of likely N-dealkylation sites (tertiary alicyclic amines) is 1. The molecule has 0 bridgehead atoms. The van der Waals surface area contributed by atoms with E-state index in [1.54, 1.807) is 0 Å². The molecule has 2 aromatic carbocycles. The molecule has 35 heavy (non-hydrogen) atoms. The summed E-state index contributed by atoms with van der Waals surface area (Å²) in [7, 11) is 0. The van der Waals surface area contributed by atoms with Crippen LogP contribution in [0.5, 0.6) is 0 Å². The van der Waals surface area contributed by atoms with Crippen LogP contribution in [0.2, 0.25) is 0 Å². The van der Waals surface area contributed by atoms with Crippen LogP contribution in [-0.4, -0.2) is 47.6 Å². The molecule has 4 rings (SSSR count). The Hall–Kier alpha value is -1.98. The molecule has 2 aromatic rings. The number of hydrogen-bond acceptors (Lipinski definition) is 4. The predicted molar refractivity (Wildman–Crippen MR) is 149 cm³/mol. The largest absolute Gasteiger partial charge is 0.366 e. The van der Waals surface area contributed by atoms with Crippen molar-refractivity contribution in [1.29, 1.82) is 0 Å². The quantitative estimate of drug-likeness (QED) is 0.448.